The number of nitro groups is 1. The molecule has 0 radical (unpaired) electrons. The first-order valence-electron chi connectivity index (χ1n) is 5.08. The van der Waals surface area contributed by atoms with Crippen LogP contribution in [0.4, 0.5) is 5.82 Å². The Bertz CT molecular complexity index is 558. The van der Waals surface area contributed by atoms with Crippen LogP contribution in [-0.2, 0) is 7.05 Å². The van der Waals surface area contributed by atoms with Gasteiger partial charge in [0.25, 0.3) is 0 Å². The van der Waals surface area contributed by atoms with Crippen molar-refractivity contribution in [3.63, 3.8) is 0 Å². The summed E-state index contributed by atoms with van der Waals surface area (Å²) in [5.74, 6) is 0.540. The first-order chi connectivity index (χ1) is 8.18. The first-order valence-corrected chi connectivity index (χ1v) is 5.08. The van der Waals surface area contributed by atoms with Gasteiger partial charge in [-0.05, 0) is 16.6 Å². The highest BCUT2D eigenvalue weighted by molar-refractivity contribution is 5.67. The number of aromatic nitrogens is 2. The van der Waals surface area contributed by atoms with Crippen molar-refractivity contribution < 1.29 is 4.92 Å². The Balaban J connectivity index is 2.25. The van der Waals surface area contributed by atoms with Crippen LogP contribution in [0.15, 0.2) is 36.5 Å². The van der Waals surface area contributed by atoms with Crippen molar-refractivity contribution in [2.75, 3.05) is 0 Å². The fourth-order valence-corrected chi connectivity index (χ4v) is 1.47. The molecule has 1 heterocycles. The minimum absolute atomic E-state index is 0.0160. The van der Waals surface area contributed by atoms with Gasteiger partial charge in [0.2, 0.25) is 5.82 Å². The molecule has 5 heteroatoms. The van der Waals surface area contributed by atoms with Gasteiger partial charge in [0.1, 0.15) is 6.20 Å². The number of benzene rings is 1. The molecule has 17 heavy (non-hydrogen) atoms. The third-order valence-electron chi connectivity index (χ3n) is 2.41. The Morgan fingerprint density at radius 1 is 1.29 bits per heavy atom. The highest BCUT2D eigenvalue weighted by Crippen LogP contribution is 2.14. The monoisotopic (exact) mass is 229 g/mol. The number of nitrogens with zero attached hydrogens (tertiary/aromatic N) is 3. The summed E-state index contributed by atoms with van der Waals surface area (Å²) in [5.41, 5.74) is 1.03. The van der Waals surface area contributed by atoms with Crippen molar-refractivity contribution in [3.8, 4) is 0 Å². The topological polar surface area (TPSA) is 61.0 Å². The molecule has 2 rings (SSSR count). The molecule has 0 atom stereocenters. The zero-order chi connectivity index (χ0) is 12.3. The van der Waals surface area contributed by atoms with Crippen molar-refractivity contribution in [1.29, 1.82) is 0 Å². The van der Waals surface area contributed by atoms with Crippen LogP contribution >= 0.6 is 0 Å². The lowest BCUT2D eigenvalue weighted by molar-refractivity contribution is -0.391. The van der Waals surface area contributed by atoms with Crippen molar-refractivity contribution in [2.24, 2.45) is 7.05 Å². The molecule has 0 saturated carbocycles. The number of hydrogen-bond acceptors (Lipinski definition) is 3. The summed E-state index contributed by atoms with van der Waals surface area (Å²) in [5, 5.41) is 10.6. The van der Waals surface area contributed by atoms with Gasteiger partial charge >= 0.3 is 5.82 Å². The predicted octanol–water partition coefficient (Wildman–Crippen LogP) is 2.50. The fraction of sp³-hybridized carbons (Fsp3) is 0.0833. The maximum absolute atomic E-state index is 10.6. The molecule has 2 aromatic rings. The molecule has 86 valence electrons. The van der Waals surface area contributed by atoms with E-state index in [1.54, 1.807) is 13.1 Å². The van der Waals surface area contributed by atoms with E-state index in [2.05, 4.69) is 4.98 Å². The Hall–Kier alpha value is -2.43. The van der Waals surface area contributed by atoms with Crippen LogP contribution in [0.5, 0.6) is 0 Å². The van der Waals surface area contributed by atoms with E-state index in [4.69, 9.17) is 0 Å². The van der Waals surface area contributed by atoms with Crippen molar-refractivity contribution in [3.05, 3.63) is 58.0 Å². The van der Waals surface area contributed by atoms with Gasteiger partial charge in [-0.2, -0.15) is 0 Å². The maximum Gasteiger partial charge on any atom is 0.342 e. The van der Waals surface area contributed by atoms with Crippen LogP contribution in [-0.4, -0.2) is 14.5 Å². The summed E-state index contributed by atoms with van der Waals surface area (Å²) in [6.07, 6.45) is 4.87. The SMILES string of the molecule is Cn1c([N+](=O)[O-])cnc1/C=C/c1ccccc1. The lowest BCUT2D eigenvalue weighted by Crippen LogP contribution is -1.98. The van der Waals surface area contributed by atoms with Gasteiger partial charge in [0, 0.05) is 6.08 Å². The number of imidazole rings is 1. The van der Waals surface area contributed by atoms with Crippen molar-refractivity contribution in [2.45, 2.75) is 0 Å². The minimum atomic E-state index is -0.452. The Labute approximate surface area is 98.2 Å². The second-order valence-electron chi connectivity index (χ2n) is 3.53. The van der Waals surface area contributed by atoms with Gasteiger partial charge in [-0.15, -0.1) is 0 Å². The van der Waals surface area contributed by atoms with Crippen LogP contribution in [0.2, 0.25) is 0 Å². The lowest BCUT2D eigenvalue weighted by Gasteiger charge is -1.94. The normalized spacial score (nSPS) is 10.9. The van der Waals surface area contributed by atoms with Gasteiger partial charge in [-0.3, -0.25) is 0 Å². The van der Waals surface area contributed by atoms with Gasteiger partial charge in [0.05, 0.1) is 7.05 Å². The molecule has 0 saturated heterocycles. The fourth-order valence-electron chi connectivity index (χ4n) is 1.47. The van der Waals surface area contributed by atoms with E-state index in [0.29, 0.717) is 5.82 Å². The quantitative estimate of drug-likeness (QED) is 0.600. The molecule has 0 fully saturated rings. The van der Waals surface area contributed by atoms with E-state index >= 15 is 0 Å². The highest BCUT2D eigenvalue weighted by Gasteiger charge is 2.13. The third-order valence-corrected chi connectivity index (χ3v) is 2.41. The van der Waals surface area contributed by atoms with E-state index in [1.807, 2.05) is 36.4 Å². The predicted molar refractivity (Wildman–Crippen MR) is 65.2 cm³/mol. The molecular weight excluding hydrogens is 218 g/mol. The smallest absolute Gasteiger partial charge is 0.342 e. The molecule has 5 nitrogen and oxygen atoms in total. The lowest BCUT2D eigenvalue weighted by atomic mass is 10.2. The Kier molecular flexibility index (Phi) is 3.00. The highest BCUT2D eigenvalue weighted by atomic mass is 16.6. The molecule has 0 aliphatic rings. The third kappa shape index (κ3) is 2.39. The molecule has 1 aromatic heterocycles. The summed E-state index contributed by atoms with van der Waals surface area (Å²) in [6, 6.07) is 9.70. The molecule has 0 N–H and O–H groups in total. The van der Waals surface area contributed by atoms with Crippen LogP contribution < -0.4 is 0 Å². The Morgan fingerprint density at radius 3 is 2.59 bits per heavy atom. The average molecular weight is 229 g/mol. The molecule has 0 aliphatic heterocycles. The zero-order valence-corrected chi connectivity index (χ0v) is 9.28. The van der Waals surface area contributed by atoms with Gasteiger partial charge in [-0.1, -0.05) is 30.3 Å². The zero-order valence-electron chi connectivity index (χ0n) is 9.28. The standard InChI is InChI=1S/C12H11N3O2/c1-14-11(13-9-12(14)15(16)17)8-7-10-5-3-2-4-6-10/h2-9H,1H3/b8-7+. The summed E-state index contributed by atoms with van der Waals surface area (Å²) >= 11 is 0. The van der Waals surface area contributed by atoms with E-state index in [1.165, 1.54) is 10.8 Å². The summed E-state index contributed by atoms with van der Waals surface area (Å²) in [7, 11) is 1.62. The number of rotatable bonds is 3. The van der Waals surface area contributed by atoms with E-state index in [-0.39, 0.29) is 5.82 Å². The van der Waals surface area contributed by atoms with Crippen LogP contribution in [0.3, 0.4) is 0 Å². The van der Waals surface area contributed by atoms with Crippen molar-refractivity contribution in [1.82, 2.24) is 9.55 Å². The van der Waals surface area contributed by atoms with Crippen LogP contribution in [0, 0.1) is 10.1 Å². The summed E-state index contributed by atoms with van der Waals surface area (Å²) < 4.78 is 1.44. The van der Waals surface area contributed by atoms with Crippen LogP contribution in [0.1, 0.15) is 11.4 Å². The maximum atomic E-state index is 10.6. The van der Waals surface area contributed by atoms with E-state index in [9.17, 15) is 10.1 Å². The number of hydrogen-bond donors (Lipinski definition) is 0. The second kappa shape index (κ2) is 4.61. The average Bonchev–Trinajstić information content (AvgIpc) is 2.69. The molecular formula is C12H11N3O2. The molecule has 0 amide bonds. The molecule has 0 spiro atoms. The summed E-state index contributed by atoms with van der Waals surface area (Å²) in [6.45, 7) is 0. The largest absolute Gasteiger partial charge is 0.358 e. The van der Waals surface area contributed by atoms with E-state index < -0.39 is 4.92 Å². The second-order valence-corrected chi connectivity index (χ2v) is 3.53. The first kappa shape index (κ1) is 11.1. The molecule has 1 aromatic carbocycles. The van der Waals surface area contributed by atoms with Gasteiger partial charge in [0.15, 0.2) is 0 Å². The van der Waals surface area contributed by atoms with Gasteiger partial charge in [-0.25, -0.2) is 9.55 Å². The molecule has 0 bridgehead atoms. The van der Waals surface area contributed by atoms with Crippen LogP contribution in [0.25, 0.3) is 12.2 Å². The Morgan fingerprint density at radius 2 is 2.00 bits per heavy atom. The summed E-state index contributed by atoms with van der Waals surface area (Å²) in [4.78, 5) is 14.2. The van der Waals surface area contributed by atoms with E-state index in [0.717, 1.165) is 5.56 Å². The molecule has 0 aliphatic carbocycles. The molecule has 0 unspecified atom stereocenters. The van der Waals surface area contributed by atoms with Crippen molar-refractivity contribution >= 4 is 18.0 Å². The van der Waals surface area contributed by atoms with Gasteiger partial charge < -0.3 is 10.1 Å². The minimum Gasteiger partial charge on any atom is -0.358 e.